The fourth-order valence-corrected chi connectivity index (χ4v) is 2.92. The molecule has 0 saturated carbocycles. The van der Waals surface area contributed by atoms with E-state index in [0.717, 1.165) is 4.47 Å². The Labute approximate surface area is 139 Å². The maximum atomic E-state index is 8.63. The molecule has 0 bridgehead atoms. The van der Waals surface area contributed by atoms with Crippen LogP contribution >= 0.6 is 27.3 Å². The molecule has 1 aromatic carbocycles. The molecule has 3 rings (SSSR count). The molecule has 0 saturated heterocycles. The van der Waals surface area contributed by atoms with Gasteiger partial charge >= 0.3 is 0 Å². The van der Waals surface area contributed by atoms with E-state index >= 15 is 0 Å². The number of pyridine rings is 1. The van der Waals surface area contributed by atoms with E-state index in [9.17, 15) is 0 Å². The number of thiazole rings is 1. The number of benzene rings is 1. The number of nitrogens with zero attached hydrogens (tertiary/aromatic N) is 1. The van der Waals surface area contributed by atoms with Crippen molar-refractivity contribution in [3.63, 3.8) is 0 Å². The number of fused-ring (bicyclic) bond motifs is 1. The quantitative estimate of drug-likeness (QED) is 0.379. The molecule has 22 heavy (non-hydrogen) atoms. The Morgan fingerprint density at radius 1 is 1.14 bits per heavy atom. The molecule has 3 N–H and O–H groups in total. The first-order chi connectivity index (χ1) is 9.83. The van der Waals surface area contributed by atoms with E-state index in [-0.39, 0.29) is 5.48 Å². The van der Waals surface area contributed by atoms with E-state index in [1.807, 2.05) is 6.07 Å². The number of hydrogen-bond acceptors (Lipinski definition) is 4. The second-order valence-corrected chi connectivity index (χ2v) is 6.81. The van der Waals surface area contributed by atoms with Gasteiger partial charge in [0.15, 0.2) is 12.4 Å². The molecule has 0 aliphatic carbocycles. The van der Waals surface area contributed by atoms with Gasteiger partial charge in [-0.05, 0) is 23.8 Å². The van der Waals surface area contributed by atoms with Crippen LogP contribution in [0.2, 0.25) is 0 Å². The van der Waals surface area contributed by atoms with Gasteiger partial charge in [0.05, 0.1) is 0 Å². The fourth-order valence-electron chi connectivity index (χ4n) is 1.65. The molecular weight excluding hydrogens is 394 g/mol. The minimum atomic E-state index is -4.92. The van der Waals surface area contributed by atoms with Gasteiger partial charge in [-0.3, -0.25) is 4.55 Å². The van der Waals surface area contributed by atoms with Crippen LogP contribution in [0.3, 0.4) is 0 Å². The predicted octanol–water partition coefficient (Wildman–Crippen LogP) is 2.10. The van der Waals surface area contributed by atoms with Gasteiger partial charge in [-0.2, -0.15) is 4.40 Å². The van der Waals surface area contributed by atoms with Gasteiger partial charge in [-0.1, -0.05) is 39.4 Å². The molecule has 2 aromatic heterocycles. The highest BCUT2D eigenvalue weighted by Crippen LogP contribution is 2.26. The number of halogens is 1. The maximum absolute atomic E-state index is 8.63. The minimum Gasteiger partial charge on any atom is -0.726 e. The van der Waals surface area contributed by atoms with Gasteiger partial charge < -0.3 is 10.0 Å². The van der Waals surface area contributed by atoms with E-state index in [1.165, 1.54) is 15.3 Å². The predicted molar refractivity (Wildman–Crippen MR) is 86.6 cm³/mol. The number of rotatable bonds is 1. The van der Waals surface area contributed by atoms with Gasteiger partial charge in [0.2, 0.25) is 10.4 Å². The van der Waals surface area contributed by atoms with Crippen molar-refractivity contribution in [2.45, 2.75) is 0 Å². The summed E-state index contributed by atoms with van der Waals surface area (Å²) in [6.07, 6.45) is 4.25. The molecule has 3 aromatic rings. The van der Waals surface area contributed by atoms with E-state index in [0.29, 0.717) is 0 Å². The summed E-state index contributed by atoms with van der Waals surface area (Å²) in [4.78, 5) is 2.55. The summed E-state index contributed by atoms with van der Waals surface area (Å²) in [6.45, 7) is 0. The number of aromatic nitrogens is 1. The van der Waals surface area contributed by atoms with Crippen LogP contribution in [0.5, 0.6) is 0 Å². The molecule has 0 atom stereocenters. The van der Waals surface area contributed by atoms with Gasteiger partial charge in [0.25, 0.3) is 4.83 Å². The van der Waals surface area contributed by atoms with E-state index < -0.39 is 10.4 Å². The molecule has 0 fully saturated rings. The summed E-state index contributed by atoms with van der Waals surface area (Å²) in [5.41, 5.74) is 1.26. The number of hydrogen-bond donors (Lipinski definition) is 1. The average molecular weight is 406 g/mol. The SMILES string of the molecule is Brc1ccc(-c2c[n+]3ccccc3s2)cc1.O.O=S(=O)([O-])O. The second kappa shape index (κ2) is 7.77. The van der Waals surface area contributed by atoms with Crippen LogP contribution < -0.4 is 4.40 Å². The minimum absolute atomic E-state index is 0. The molecular formula is C13H12BrNO5S2. The molecule has 2 heterocycles. The molecule has 0 aliphatic rings. The summed E-state index contributed by atoms with van der Waals surface area (Å²) in [5.74, 6) is 0. The van der Waals surface area contributed by atoms with Crippen LogP contribution in [-0.4, -0.2) is 23.0 Å². The molecule has 0 radical (unpaired) electrons. The van der Waals surface area contributed by atoms with E-state index in [2.05, 4.69) is 69.1 Å². The van der Waals surface area contributed by atoms with Crippen molar-refractivity contribution in [2.24, 2.45) is 0 Å². The highest BCUT2D eigenvalue weighted by Gasteiger charge is 2.09. The first kappa shape index (κ1) is 18.7. The fraction of sp³-hybridized carbons (Fsp3) is 0. The highest BCUT2D eigenvalue weighted by atomic mass is 79.9. The normalized spacial score (nSPS) is 10.5. The zero-order valence-electron chi connectivity index (χ0n) is 11.0. The lowest BCUT2D eigenvalue weighted by molar-refractivity contribution is -0.506. The van der Waals surface area contributed by atoms with Crippen molar-refractivity contribution >= 4 is 42.5 Å². The van der Waals surface area contributed by atoms with Crippen LogP contribution in [-0.2, 0) is 10.4 Å². The molecule has 9 heteroatoms. The van der Waals surface area contributed by atoms with Crippen molar-refractivity contribution in [1.29, 1.82) is 0 Å². The van der Waals surface area contributed by atoms with Crippen molar-refractivity contribution in [3.8, 4) is 10.4 Å². The Morgan fingerprint density at radius 3 is 2.27 bits per heavy atom. The zero-order valence-corrected chi connectivity index (χ0v) is 14.2. The molecule has 0 spiro atoms. The monoisotopic (exact) mass is 405 g/mol. The smallest absolute Gasteiger partial charge is 0.267 e. The lowest BCUT2D eigenvalue weighted by Gasteiger charge is -1.93. The first-order valence-electron chi connectivity index (χ1n) is 5.67. The van der Waals surface area contributed by atoms with Crippen LogP contribution in [0.25, 0.3) is 15.3 Å². The summed E-state index contributed by atoms with van der Waals surface area (Å²) < 4.78 is 36.1. The summed E-state index contributed by atoms with van der Waals surface area (Å²) in [6, 6.07) is 14.7. The molecule has 0 amide bonds. The maximum Gasteiger partial charge on any atom is 0.267 e. The molecule has 0 aliphatic heterocycles. The standard InChI is InChI=1S/C13H9BrNS.H2O4S.H2O/c14-11-6-4-10(5-7-11)12-9-15-8-2-1-3-13(15)16-12;1-5(2,3)4;/h1-9H;(H2,1,2,3,4);1H2/q+1;;/p-1. The van der Waals surface area contributed by atoms with E-state index in [4.69, 9.17) is 17.5 Å². The largest absolute Gasteiger partial charge is 0.726 e. The van der Waals surface area contributed by atoms with Crippen molar-refractivity contribution in [3.05, 3.63) is 59.3 Å². The lowest BCUT2D eigenvalue weighted by Crippen LogP contribution is -2.15. The van der Waals surface area contributed by atoms with Gasteiger partial charge in [-0.25, -0.2) is 8.42 Å². The Morgan fingerprint density at radius 2 is 1.73 bits per heavy atom. The van der Waals surface area contributed by atoms with Crippen LogP contribution in [0.15, 0.2) is 59.3 Å². The molecule has 0 unspecified atom stereocenters. The van der Waals surface area contributed by atoms with Gasteiger partial charge in [0, 0.05) is 16.6 Å². The van der Waals surface area contributed by atoms with Gasteiger partial charge in [0.1, 0.15) is 4.88 Å². The van der Waals surface area contributed by atoms with Gasteiger partial charge in [-0.15, -0.1) is 0 Å². The first-order valence-corrected chi connectivity index (χ1v) is 8.64. The zero-order chi connectivity index (χ0) is 15.5. The third-order valence-corrected chi connectivity index (χ3v) is 4.10. The van der Waals surface area contributed by atoms with Crippen molar-refractivity contribution in [1.82, 2.24) is 0 Å². The van der Waals surface area contributed by atoms with E-state index in [1.54, 1.807) is 11.3 Å². The second-order valence-electron chi connectivity index (χ2n) is 3.98. The Balaban J connectivity index is 0.000000356. The van der Waals surface area contributed by atoms with Crippen LogP contribution in [0.1, 0.15) is 0 Å². The summed E-state index contributed by atoms with van der Waals surface area (Å²) in [7, 11) is -4.92. The average Bonchev–Trinajstić information content (AvgIpc) is 2.81. The summed E-state index contributed by atoms with van der Waals surface area (Å²) in [5, 5.41) is 0. The third kappa shape index (κ3) is 5.79. The van der Waals surface area contributed by atoms with Crippen LogP contribution in [0.4, 0.5) is 0 Å². The highest BCUT2D eigenvalue weighted by molar-refractivity contribution is 9.10. The van der Waals surface area contributed by atoms with Crippen LogP contribution in [0, 0.1) is 0 Å². The van der Waals surface area contributed by atoms with Crippen molar-refractivity contribution < 1.29 is 27.4 Å². The Kier molecular flexibility index (Phi) is 6.60. The molecule has 6 nitrogen and oxygen atoms in total. The summed E-state index contributed by atoms with van der Waals surface area (Å²) >= 11 is 5.25. The lowest BCUT2D eigenvalue weighted by atomic mass is 10.2. The Hall–Kier alpha value is -1.36. The Bertz CT molecular complexity index is 805. The third-order valence-electron chi connectivity index (χ3n) is 2.45. The van der Waals surface area contributed by atoms with Crippen molar-refractivity contribution in [2.75, 3.05) is 0 Å². The molecule has 118 valence electrons. The topological polar surface area (TPSA) is 113 Å².